The molecular weight excluding hydrogens is 570 g/mol. The van der Waals surface area contributed by atoms with Crippen molar-refractivity contribution in [2.24, 2.45) is 22.4 Å². The number of amides is 4. The monoisotopic (exact) mass is 613 g/mol. The number of fused-ring (bicyclic) bond motifs is 1. The fourth-order valence-electron chi connectivity index (χ4n) is 4.99. The highest BCUT2D eigenvalue weighted by atomic mass is 16.4. The van der Waals surface area contributed by atoms with E-state index in [0.717, 1.165) is 29.4 Å². The number of hydrogen-bond donors (Lipinski definition) is 9. The van der Waals surface area contributed by atoms with Gasteiger partial charge >= 0.3 is 5.97 Å². The number of guanidine groups is 1. The van der Waals surface area contributed by atoms with Crippen LogP contribution in [-0.4, -0.2) is 89.4 Å². The van der Waals surface area contributed by atoms with Crippen molar-refractivity contribution >= 4 is 46.5 Å². The van der Waals surface area contributed by atoms with E-state index in [4.69, 9.17) is 11.5 Å². The van der Waals surface area contributed by atoms with Gasteiger partial charge in [-0.15, -0.1) is 0 Å². The zero-order chi connectivity index (χ0) is 32.2. The van der Waals surface area contributed by atoms with Crippen LogP contribution in [0.5, 0.6) is 0 Å². The number of H-pyrrole nitrogens is 1. The SMILES string of the molecule is CC(C)[C@H](NC(=O)[C@H](Cc1c[nH]c2ccccc12)NC(=O)[C@H](CCCN=C(N)N)NC(=O)CNC(=O)[C@@H]1CCCN1)C(=O)O. The van der Waals surface area contributed by atoms with Gasteiger partial charge in [-0.05, 0) is 49.8 Å². The van der Waals surface area contributed by atoms with Gasteiger partial charge in [0, 0.05) is 30.1 Å². The third kappa shape index (κ3) is 9.97. The summed E-state index contributed by atoms with van der Waals surface area (Å²) < 4.78 is 0. The second kappa shape index (κ2) is 16.3. The lowest BCUT2D eigenvalue weighted by atomic mass is 10.0. The van der Waals surface area contributed by atoms with E-state index in [1.54, 1.807) is 20.0 Å². The zero-order valence-electron chi connectivity index (χ0n) is 25.0. The molecule has 1 aliphatic heterocycles. The van der Waals surface area contributed by atoms with Gasteiger partial charge in [-0.25, -0.2) is 4.79 Å². The van der Waals surface area contributed by atoms with E-state index in [1.807, 2.05) is 24.3 Å². The molecule has 4 atom stereocenters. The Labute approximate surface area is 255 Å². The molecular formula is C29H43N9O6. The Morgan fingerprint density at radius 2 is 1.77 bits per heavy atom. The standard InChI is InChI=1S/C29H43N9O6/c1-16(2)24(28(43)44)38-27(42)22(13-17-14-34-19-8-4-3-7-18(17)19)37-26(41)21(10-6-12-33-29(30)31)36-23(39)15-35-25(40)20-9-5-11-32-20/h3-4,7-8,14,16,20-22,24,32,34H,5-6,9-13,15H2,1-2H3,(H,35,40)(H,36,39)(H,37,41)(H,38,42)(H,43,44)(H4,30,31,33)/t20-,21-,22-,24-/m0/s1. The summed E-state index contributed by atoms with van der Waals surface area (Å²) in [6.45, 7) is 3.90. The molecule has 0 bridgehead atoms. The van der Waals surface area contributed by atoms with E-state index in [-0.39, 0.29) is 43.8 Å². The van der Waals surface area contributed by atoms with Crippen LogP contribution >= 0.6 is 0 Å². The highest BCUT2D eigenvalue weighted by molar-refractivity contribution is 5.95. The summed E-state index contributed by atoms with van der Waals surface area (Å²) in [4.78, 5) is 71.0. The third-order valence-corrected chi connectivity index (χ3v) is 7.36. The molecule has 4 amide bonds. The Bertz CT molecular complexity index is 1350. The quantitative estimate of drug-likeness (QED) is 0.0628. The van der Waals surface area contributed by atoms with Gasteiger partial charge in [-0.3, -0.25) is 24.2 Å². The van der Waals surface area contributed by atoms with Crippen LogP contribution in [-0.2, 0) is 30.4 Å². The van der Waals surface area contributed by atoms with Gasteiger partial charge in [0.1, 0.15) is 18.1 Å². The average Bonchev–Trinajstić information content (AvgIpc) is 3.66. The largest absolute Gasteiger partial charge is 0.480 e. The summed E-state index contributed by atoms with van der Waals surface area (Å²) in [6.07, 6.45) is 3.75. The van der Waals surface area contributed by atoms with Crippen LogP contribution in [0.4, 0.5) is 0 Å². The molecule has 15 nitrogen and oxygen atoms in total. The molecule has 1 aliphatic rings. The topological polar surface area (TPSA) is 246 Å². The molecule has 3 rings (SSSR count). The van der Waals surface area contributed by atoms with Crippen molar-refractivity contribution in [1.82, 2.24) is 31.6 Å². The second-order valence-corrected chi connectivity index (χ2v) is 11.1. The van der Waals surface area contributed by atoms with Gasteiger partial charge in [-0.2, -0.15) is 0 Å². The molecule has 1 aromatic heterocycles. The number of aliphatic carboxylic acids is 1. The van der Waals surface area contributed by atoms with Gasteiger partial charge < -0.3 is 48.1 Å². The Morgan fingerprint density at radius 3 is 2.43 bits per heavy atom. The summed E-state index contributed by atoms with van der Waals surface area (Å²) in [6, 6.07) is 3.62. The number of rotatable bonds is 16. The van der Waals surface area contributed by atoms with Crippen LogP contribution in [0.25, 0.3) is 10.9 Å². The third-order valence-electron chi connectivity index (χ3n) is 7.36. The normalized spacial score (nSPS) is 16.5. The lowest BCUT2D eigenvalue weighted by molar-refractivity contribution is -0.143. The maximum absolute atomic E-state index is 13.6. The highest BCUT2D eigenvalue weighted by Crippen LogP contribution is 2.19. The summed E-state index contributed by atoms with van der Waals surface area (Å²) in [5.41, 5.74) is 12.4. The molecule has 1 fully saturated rings. The minimum Gasteiger partial charge on any atom is -0.480 e. The molecule has 2 heterocycles. The first-order valence-electron chi connectivity index (χ1n) is 14.7. The van der Waals surface area contributed by atoms with Gasteiger partial charge in [-0.1, -0.05) is 32.0 Å². The van der Waals surface area contributed by atoms with Gasteiger partial charge in [0.05, 0.1) is 12.6 Å². The van der Waals surface area contributed by atoms with E-state index in [1.165, 1.54) is 0 Å². The van der Waals surface area contributed by atoms with Gasteiger partial charge in [0.15, 0.2) is 5.96 Å². The fourth-order valence-corrected chi connectivity index (χ4v) is 4.99. The van der Waals surface area contributed by atoms with Crippen LogP contribution in [0, 0.1) is 5.92 Å². The summed E-state index contributed by atoms with van der Waals surface area (Å²) >= 11 is 0. The molecule has 11 N–H and O–H groups in total. The van der Waals surface area contributed by atoms with Crippen molar-refractivity contribution in [2.75, 3.05) is 19.6 Å². The number of carbonyl (C=O) groups is 5. The van der Waals surface area contributed by atoms with E-state index in [9.17, 15) is 29.1 Å². The number of carboxylic acids is 1. The smallest absolute Gasteiger partial charge is 0.326 e. The molecule has 1 saturated heterocycles. The summed E-state index contributed by atoms with van der Waals surface area (Å²) in [5, 5.41) is 24.0. The van der Waals surface area contributed by atoms with E-state index in [0.29, 0.717) is 12.8 Å². The maximum atomic E-state index is 13.6. The number of aliphatic imine (C=N–C) groups is 1. The van der Waals surface area contributed by atoms with Crippen LogP contribution < -0.4 is 38.1 Å². The molecule has 44 heavy (non-hydrogen) atoms. The van der Waals surface area contributed by atoms with E-state index < -0.39 is 47.7 Å². The number of para-hydroxylation sites is 1. The van der Waals surface area contributed by atoms with Crippen molar-refractivity contribution in [2.45, 2.75) is 70.1 Å². The number of aromatic nitrogens is 1. The Hall–Kier alpha value is -4.66. The predicted octanol–water partition coefficient (Wildman–Crippen LogP) is -1.17. The number of carboxylic acid groups (broad SMARTS) is 1. The van der Waals surface area contributed by atoms with E-state index in [2.05, 4.69) is 36.6 Å². The molecule has 2 aromatic rings. The fraction of sp³-hybridized carbons (Fsp3) is 0.517. The molecule has 0 spiro atoms. The minimum atomic E-state index is -1.20. The van der Waals surface area contributed by atoms with Crippen LogP contribution in [0.1, 0.15) is 45.1 Å². The lowest BCUT2D eigenvalue weighted by Gasteiger charge is -2.25. The zero-order valence-corrected chi connectivity index (χ0v) is 25.0. The van der Waals surface area contributed by atoms with Crippen molar-refractivity contribution in [3.05, 3.63) is 36.0 Å². The maximum Gasteiger partial charge on any atom is 0.326 e. The van der Waals surface area contributed by atoms with Crippen molar-refractivity contribution in [1.29, 1.82) is 0 Å². The summed E-state index contributed by atoms with van der Waals surface area (Å²) in [7, 11) is 0. The molecule has 0 radical (unpaired) electrons. The van der Waals surface area contributed by atoms with Crippen molar-refractivity contribution in [3.8, 4) is 0 Å². The molecule has 1 aromatic carbocycles. The summed E-state index contributed by atoms with van der Waals surface area (Å²) in [5.74, 6) is -3.99. The average molecular weight is 614 g/mol. The molecule has 0 saturated carbocycles. The Morgan fingerprint density at radius 1 is 1.05 bits per heavy atom. The lowest BCUT2D eigenvalue weighted by Crippen LogP contribution is -2.57. The highest BCUT2D eigenvalue weighted by Gasteiger charge is 2.31. The minimum absolute atomic E-state index is 0.0468. The molecule has 0 unspecified atom stereocenters. The van der Waals surface area contributed by atoms with Crippen molar-refractivity contribution < 1.29 is 29.1 Å². The molecule has 0 aliphatic carbocycles. The van der Waals surface area contributed by atoms with Crippen LogP contribution in [0.3, 0.4) is 0 Å². The number of carbonyl (C=O) groups excluding carboxylic acids is 4. The van der Waals surface area contributed by atoms with Crippen LogP contribution in [0.2, 0.25) is 0 Å². The van der Waals surface area contributed by atoms with Gasteiger partial charge in [0.2, 0.25) is 23.6 Å². The number of nitrogens with zero attached hydrogens (tertiary/aromatic N) is 1. The van der Waals surface area contributed by atoms with Gasteiger partial charge in [0.25, 0.3) is 0 Å². The predicted molar refractivity (Wildman–Crippen MR) is 164 cm³/mol. The second-order valence-electron chi connectivity index (χ2n) is 11.1. The molecule has 15 heteroatoms. The first kappa shape index (κ1) is 33.8. The number of hydrogen-bond acceptors (Lipinski definition) is 7. The number of nitrogens with two attached hydrogens (primary N) is 2. The Kier molecular flexibility index (Phi) is 12.5. The van der Waals surface area contributed by atoms with Crippen LogP contribution in [0.15, 0.2) is 35.5 Å². The number of benzene rings is 1. The first-order chi connectivity index (χ1) is 21.0. The number of aromatic amines is 1. The van der Waals surface area contributed by atoms with Crippen molar-refractivity contribution in [3.63, 3.8) is 0 Å². The molecule has 240 valence electrons. The number of nitrogens with one attached hydrogen (secondary N) is 6. The van der Waals surface area contributed by atoms with E-state index >= 15 is 0 Å². The first-order valence-corrected chi connectivity index (χ1v) is 14.7. The Balaban J connectivity index is 1.78.